The number of benzene rings is 2. The number of carbonyl (C=O) groups excluding carboxylic acids is 1. The largest absolute Gasteiger partial charge is 0.494 e. The van der Waals surface area contributed by atoms with Crippen molar-refractivity contribution >= 4 is 5.91 Å². The van der Waals surface area contributed by atoms with Gasteiger partial charge in [-0.05, 0) is 36.8 Å². The van der Waals surface area contributed by atoms with Gasteiger partial charge in [0, 0.05) is 7.05 Å². The van der Waals surface area contributed by atoms with Gasteiger partial charge in [0.05, 0.1) is 19.6 Å². The lowest BCUT2D eigenvalue weighted by molar-refractivity contribution is -0.130. The van der Waals surface area contributed by atoms with Crippen LogP contribution in [0.5, 0.6) is 17.2 Å². The van der Waals surface area contributed by atoms with Gasteiger partial charge in [-0.1, -0.05) is 24.3 Å². The molecule has 2 aromatic carbocycles. The Hall–Kier alpha value is -2.69. The summed E-state index contributed by atoms with van der Waals surface area (Å²) in [7, 11) is 1.79. The Morgan fingerprint density at radius 1 is 1.16 bits per heavy atom. The quantitative estimate of drug-likeness (QED) is 0.811. The van der Waals surface area contributed by atoms with Crippen molar-refractivity contribution in [1.82, 2.24) is 4.90 Å². The first kappa shape index (κ1) is 17.1. The van der Waals surface area contributed by atoms with Crippen LogP contribution in [-0.2, 0) is 11.2 Å². The van der Waals surface area contributed by atoms with E-state index in [1.807, 2.05) is 55.5 Å². The lowest BCUT2D eigenvalue weighted by atomic mass is 10.1. The van der Waals surface area contributed by atoms with E-state index in [-0.39, 0.29) is 12.0 Å². The van der Waals surface area contributed by atoms with Crippen LogP contribution in [0.3, 0.4) is 0 Å². The summed E-state index contributed by atoms with van der Waals surface area (Å²) in [6.07, 6.45) is 0.191. The number of hydrogen-bond donors (Lipinski definition) is 0. The van der Waals surface area contributed by atoms with E-state index < -0.39 is 0 Å². The number of fused-ring (bicyclic) bond motifs is 1. The molecular formula is C20H23NO4. The van der Waals surface area contributed by atoms with Crippen LogP contribution in [0.1, 0.15) is 12.5 Å². The molecule has 2 aromatic rings. The van der Waals surface area contributed by atoms with Gasteiger partial charge < -0.3 is 19.1 Å². The van der Waals surface area contributed by atoms with E-state index in [0.717, 1.165) is 22.8 Å². The van der Waals surface area contributed by atoms with Crippen LogP contribution in [0.25, 0.3) is 0 Å². The van der Waals surface area contributed by atoms with Crippen molar-refractivity contribution in [3.05, 3.63) is 54.1 Å². The molecule has 1 aliphatic heterocycles. The van der Waals surface area contributed by atoms with Gasteiger partial charge in [-0.15, -0.1) is 0 Å². The Morgan fingerprint density at radius 3 is 2.60 bits per heavy atom. The molecule has 1 aliphatic rings. The van der Waals surface area contributed by atoms with Gasteiger partial charge in [0.15, 0.2) is 17.6 Å². The average Bonchev–Trinajstić information content (AvgIpc) is 2.63. The van der Waals surface area contributed by atoms with Gasteiger partial charge in [-0.25, -0.2) is 0 Å². The maximum absolute atomic E-state index is 12.4. The second kappa shape index (κ2) is 7.92. The third-order valence-corrected chi connectivity index (χ3v) is 4.06. The lowest BCUT2D eigenvalue weighted by Crippen LogP contribution is -2.42. The molecule has 0 radical (unpaired) electrons. The van der Waals surface area contributed by atoms with E-state index in [4.69, 9.17) is 14.2 Å². The molecule has 0 N–H and O–H groups in total. The molecule has 1 unspecified atom stereocenters. The number of rotatable bonds is 6. The predicted octanol–water partition coefficient (Wildman–Crippen LogP) is 2.93. The molecule has 5 heteroatoms. The van der Waals surface area contributed by atoms with Gasteiger partial charge in [-0.2, -0.15) is 0 Å². The molecule has 1 heterocycles. The van der Waals surface area contributed by atoms with Crippen molar-refractivity contribution in [3.63, 3.8) is 0 Å². The third kappa shape index (κ3) is 4.44. The van der Waals surface area contributed by atoms with Crippen LogP contribution < -0.4 is 14.2 Å². The molecule has 25 heavy (non-hydrogen) atoms. The zero-order valence-electron chi connectivity index (χ0n) is 14.6. The van der Waals surface area contributed by atoms with Crippen molar-refractivity contribution in [2.75, 3.05) is 26.8 Å². The standard InChI is InChI=1S/C20H23NO4/c1-3-23-16-10-8-15(9-11-16)12-20(22)21(2)13-17-14-24-18-6-4-5-7-19(18)25-17/h4-11,17H,3,12-14H2,1-2H3. The second-order valence-electron chi connectivity index (χ2n) is 6.03. The molecule has 5 nitrogen and oxygen atoms in total. The Bertz CT molecular complexity index is 714. The van der Waals surface area contributed by atoms with E-state index in [9.17, 15) is 4.79 Å². The maximum atomic E-state index is 12.4. The molecule has 0 spiro atoms. The van der Waals surface area contributed by atoms with E-state index in [1.165, 1.54) is 0 Å². The van der Waals surface area contributed by atoms with Crippen molar-refractivity contribution in [2.24, 2.45) is 0 Å². The van der Waals surface area contributed by atoms with Crippen LogP contribution in [0.2, 0.25) is 0 Å². The van der Waals surface area contributed by atoms with Gasteiger partial charge in [-0.3, -0.25) is 4.79 Å². The molecule has 132 valence electrons. The number of hydrogen-bond acceptors (Lipinski definition) is 4. The van der Waals surface area contributed by atoms with E-state index in [1.54, 1.807) is 11.9 Å². The highest BCUT2D eigenvalue weighted by atomic mass is 16.6. The average molecular weight is 341 g/mol. The summed E-state index contributed by atoms with van der Waals surface area (Å²) in [5, 5.41) is 0. The summed E-state index contributed by atoms with van der Waals surface area (Å²) in [5.41, 5.74) is 0.964. The number of ether oxygens (including phenoxy) is 3. The van der Waals surface area contributed by atoms with Crippen LogP contribution in [-0.4, -0.2) is 43.7 Å². The third-order valence-electron chi connectivity index (χ3n) is 4.06. The number of amides is 1. The zero-order valence-corrected chi connectivity index (χ0v) is 14.6. The van der Waals surface area contributed by atoms with Crippen LogP contribution >= 0.6 is 0 Å². The molecule has 0 aliphatic carbocycles. The summed E-state index contributed by atoms with van der Waals surface area (Å²) >= 11 is 0. The van der Waals surface area contributed by atoms with Crippen molar-refractivity contribution < 1.29 is 19.0 Å². The molecule has 0 saturated carbocycles. The minimum absolute atomic E-state index is 0.0478. The molecule has 0 saturated heterocycles. The Labute approximate surface area is 148 Å². The minimum atomic E-state index is -0.163. The highest BCUT2D eigenvalue weighted by Gasteiger charge is 2.23. The number of carbonyl (C=O) groups is 1. The number of nitrogens with zero attached hydrogens (tertiary/aromatic N) is 1. The summed E-state index contributed by atoms with van der Waals surface area (Å²) in [6, 6.07) is 15.2. The van der Waals surface area contributed by atoms with E-state index in [0.29, 0.717) is 26.2 Å². The summed E-state index contributed by atoms with van der Waals surface area (Å²) in [5.74, 6) is 2.35. The highest BCUT2D eigenvalue weighted by molar-refractivity contribution is 5.78. The Morgan fingerprint density at radius 2 is 1.88 bits per heavy atom. The van der Waals surface area contributed by atoms with Crippen LogP contribution in [0.15, 0.2) is 48.5 Å². The van der Waals surface area contributed by atoms with Gasteiger partial charge >= 0.3 is 0 Å². The summed E-state index contributed by atoms with van der Waals surface area (Å²) in [4.78, 5) is 14.1. The Kier molecular flexibility index (Phi) is 5.43. The van der Waals surface area contributed by atoms with E-state index in [2.05, 4.69) is 0 Å². The highest BCUT2D eigenvalue weighted by Crippen LogP contribution is 2.30. The summed E-state index contributed by atoms with van der Waals surface area (Å²) < 4.78 is 17.0. The van der Waals surface area contributed by atoms with Crippen LogP contribution in [0.4, 0.5) is 0 Å². The van der Waals surface area contributed by atoms with E-state index >= 15 is 0 Å². The predicted molar refractivity (Wildman–Crippen MR) is 95.3 cm³/mol. The lowest BCUT2D eigenvalue weighted by Gasteiger charge is -2.29. The van der Waals surface area contributed by atoms with Crippen molar-refractivity contribution in [3.8, 4) is 17.2 Å². The SMILES string of the molecule is CCOc1ccc(CC(=O)N(C)CC2COc3ccccc3O2)cc1. The fraction of sp³-hybridized carbons (Fsp3) is 0.350. The van der Waals surface area contributed by atoms with Crippen molar-refractivity contribution in [2.45, 2.75) is 19.4 Å². The van der Waals surface area contributed by atoms with Gasteiger partial charge in [0.1, 0.15) is 12.4 Å². The topological polar surface area (TPSA) is 48.0 Å². The first-order valence-electron chi connectivity index (χ1n) is 8.50. The molecule has 1 atom stereocenters. The number of para-hydroxylation sites is 2. The normalized spacial score (nSPS) is 15.5. The Balaban J connectivity index is 1.53. The second-order valence-corrected chi connectivity index (χ2v) is 6.03. The molecule has 0 fully saturated rings. The van der Waals surface area contributed by atoms with Crippen molar-refractivity contribution in [1.29, 1.82) is 0 Å². The molecule has 0 bridgehead atoms. The molecule has 0 aromatic heterocycles. The zero-order chi connectivity index (χ0) is 17.6. The van der Waals surface area contributed by atoms with Gasteiger partial charge in [0.2, 0.25) is 5.91 Å². The smallest absolute Gasteiger partial charge is 0.226 e. The fourth-order valence-electron chi connectivity index (χ4n) is 2.74. The minimum Gasteiger partial charge on any atom is -0.494 e. The first-order valence-corrected chi connectivity index (χ1v) is 8.50. The molecule has 3 rings (SSSR count). The van der Waals surface area contributed by atoms with Gasteiger partial charge in [0.25, 0.3) is 0 Å². The van der Waals surface area contributed by atoms with Crippen LogP contribution in [0, 0.1) is 0 Å². The molecule has 1 amide bonds. The maximum Gasteiger partial charge on any atom is 0.226 e. The first-order chi connectivity index (χ1) is 12.2. The fourth-order valence-corrected chi connectivity index (χ4v) is 2.74. The molecular weight excluding hydrogens is 318 g/mol. The summed E-state index contributed by atoms with van der Waals surface area (Å²) in [6.45, 7) is 3.51. The number of likely N-dealkylation sites (N-methyl/N-ethyl adjacent to an activating group) is 1. The monoisotopic (exact) mass is 341 g/mol.